The second-order valence-electron chi connectivity index (χ2n) is 5.33. The zero-order valence-electron chi connectivity index (χ0n) is 9.02. The molecule has 0 aromatic rings. The lowest BCUT2D eigenvalue weighted by atomic mass is 9.81. The van der Waals surface area contributed by atoms with Crippen LogP contribution in [0.5, 0.6) is 0 Å². The van der Waals surface area contributed by atoms with E-state index >= 15 is 0 Å². The molecule has 2 heteroatoms. The van der Waals surface area contributed by atoms with Crippen molar-refractivity contribution >= 4 is 5.97 Å². The summed E-state index contributed by atoms with van der Waals surface area (Å²) in [6.45, 7) is 3.46. The second-order valence-corrected chi connectivity index (χ2v) is 5.33. The van der Waals surface area contributed by atoms with Crippen molar-refractivity contribution in [3.63, 3.8) is 0 Å². The van der Waals surface area contributed by atoms with Crippen molar-refractivity contribution in [2.75, 3.05) is 0 Å². The highest BCUT2D eigenvalue weighted by Gasteiger charge is 2.54. The third-order valence-corrected chi connectivity index (χ3v) is 4.81. The van der Waals surface area contributed by atoms with Crippen LogP contribution in [0.25, 0.3) is 0 Å². The summed E-state index contributed by atoms with van der Waals surface area (Å²) in [6, 6.07) is 0. The van der Waals surface area contributed by atoms with Crippen LogP contribution in [0, 0.1) is 23.7 Å². The van der Waals surface area contributed by atoms with Crippen molar-refractivity contribution in [1.29, 1.82) is 0 Å². The van der Waals surface area contributed by atoms with Gasteiger partial charge in [0.15, 0.2) is 0 Å². The Hall–Kier alpha value is -0.790. The first kappa shape index (κ1) is 9.44. The average Bonchev–Trinajstić information content (AvgIpc) is 2.89. The van der Waals surface area contributed by atoms with Crippen LogP contribution in [0.4, 0.5) is 0 Å². The summed E-state index contributed by atoms with van der Waals surface area (Å²) in [5.74, 6) is 3.12. The lowest BCUT2D eigenvalue weighted by molar-refractivity contribution is -0.145. The normalized spacial score (nSPS) is 46.5. The Morgan fingerprint density at radius 2 is 2.00 bits per heavy atom. The Balaban J connectivity index is 1.72. The Morgan fingerprint density at radius 1 is 1.20 bits per heavy atom. The van der Waals surface area contributed by atoms with Gasteiger partial charge in [0.2, 0.25) is 0 Å². The molecule has 0 amide bonds. The summed E-state index contributed by atoms with van der Waals surface area (Å²) in [7, 11) is 0. The molecule has 0 spiro atoms. The maximum atomic E-state index is 11.2. The number of fused-ring (bicyclic) bond motifs is 5. The van der Waals surface area contributed by atoms with E-state index in [1.54, 1.807) is 0 Å². The first-order valence-electron chi connectivity index (χ1n) is 6.12. The summed E-state index contributed by atoms with van der Waals surface area (Å²) in [4.78, 5) is 11.2. The predicted molar refractivity (Wildman–Crippen MR) is 57.1 cm³/mol. The van der Waals surface area contributed by atoms with Crippen LogP contribution < -0.4 is 0 Å². The van der Waals surface area contributed by atoms with Crippen LogP contribution in [0.2, 0.25) is 0 Å². The number of rotatable bonds is 2. The van der Waals surface area contributed by atoms with Crippen LogP contribution in [0.1, 0.15) is 32.1 Å². The molecular weight excluding hydrogens is 188 g/mol. The molecule has 5 atom stereocenters. The van der Waals surface area contributed by atoms with E-state index in [-0.39, 0.29) is 12.1 Å². The Labute approximate surface area is 90.7 Å². The largest absolute Gasteiger partial charge is 0.459 e. The Morgan fingerprint density at radius 3 is 2.80 bits per heavy atom. The van der Waals surface area contributed by atoms with Gasteiger partial charge in [-0.15, -0.1) is 0 Å². The summed E-state index contributed by atoms with van der Waals surface area (Å²) < 4.78 is 5.47. The predicted octanol–water partition coefficient (Wildman–Crippen LogP) is 2.54. The van der Waals surface area contributed by atoms with E-state index in [0.717, 1.165) is 24.2 Å². The number of hydrogen-bond donors (Lipinski definition) is 0. The fourth-order valence-corrected chi connectivity index (χ4v) is 4.35. The molecule has 0 aromatic carbocycles. The van der Waals surface area contributed by atoms with Gasteiger partial charge in [-0.25, -0.2) is 4.79 Å². The third-order valence-electron chi connectivity index (χ3n) is 4.81. The topological polar surface area (TPSA) is 26.3 Å². The highest BCUT2D eigenvalue weighted by Crippen LogP contribution is 2.59. The molecule has 0 aliphatic heterocycles. The van der Waals surface area contributed by atoms with Crippen molar-refractivity contribution < 1.29 is 9.53 Å². The standard InChI is InChI=1S/C13H18O2/c1-2-12(14)15-11-6-5-10-8-3-4-9(7-8)13(10)11/h2,8-11,13H,1,3-7H2. The molecule has 3 aliphatic rings. The lowest BCUT2D eigenvalue weighted by Crippen LogP contribution is -2.29. The van der Waals surface area contributed by atoms with E-state index in [9.17, 15) is 4.79 Å². The highest BCUT2D eigenvalue weighted by atomic mass is 16.5. The van der Waals surface area contributed by atoms with Gasteiger partial charge in [-0.3, -0.25) is 0 Å². The van der Waals surface area contributed by atoms with E-state index in [1.165, 1.54) is 31.8 Å². The van der Waals surface area contributed by atoms with Crippen LogP contribution in [-0.4, -0.2) is 12.1 Å². The van der Waals surface area contributed by atoms with Gasteiger partial charge in [0, 0.05) is 12.0 Å². The van der Waals surface area contributed by atoms with E-state index < -0.39 is 0 Å². The van der Waals surface area contributed by atoms with E-state index in [4.69, 9.17) is 4.74 Å². The molecule has 82 valence electrons. The zero-order chi connectivity index (χ0) is 10.4. The van der Waals surface area contributed by atoms with Crippen molar-refractivity contribution in [1.82, 2.24) is 0 Å². The van der Waals surface area contributed by atoms with Crippen LogP contribution >= 0.6 is 0 Å². The first-order chi connectivity index (χ1) is 7.29. The van der Waals surface area contributed by atoms with Gasteiger partial charge in [-0.05, 0) is 49.9 Å². The molecule has 0 saturated heterocycles. The van der Waals surface area contributed by atoms with Gasteiger partial charge < -0.3 is 4.74 Å². The first-order valence-corrected chi connectivity index (χ1v) is 6.12. The van der Waals surface area contributed by atoms with Crippen LogP contribution in [0.15, 0.2) is 12.7 Å². The van der Waals surface area contributed by atoms with Crippen molar-refractivity contribution in [2.45, 2.75) is 38.2 Å². The SMILES string of the molecule is C=CC(=O)OC1CCC2C3CCC(C3)C12. The summed E-state index contributed by atoms with van der Waals surface area (Å²) in [5, 5.41) is 0. The smallest absolute Gasteiger partial charge is 0.330 e. The molecule has 0 aromatic heterocycles. The zero-order valence-corrected chi connectivity index (χ0v) is 9.02. The maximum Gasteiger partial charge on any atom is 0.330 e. The third kappa shape index (κ3) is 1.34. The minimum absolute atomic E-state index is 0.204. The number of carbonyl (C=O) groups excluding carboxylic acids is 1. The summed E-state index contributed by atoms with van der Waals surface area (Å²) >= 11 is 0. The Bertz CT molecular complexity index is 297. The summed E-state index contributed by atoms with van der Waals surface area (Å²) in [5.41, 5.74) is 0. The molecular formula is C13H18O2. The Kier molecular flexibility index (Phi) is 2.11. The van der Waals surface area contributed by atoms with E-state index in [1.807, 2.05) is 0 Å². The number of carbonyl (C=O) groups is 1. The highest BCUT2D eigenvalue weighted by molar-refractivity contribution is 5.81. The number of esters is 1. The molecule has 3 aliphatic carbocycles. The van der Waals surface area contributed by atoms with Gasteiger partial charge in [0.25, 0.3) is 0 Å². The molecule has 5 unspecified atom stereocenters. The van der Waals surface area contributed by atoms with E-state index in [0.29, 0.717) is 5.92 Å². The second kappa shape index (κ2) is 3.36. The fraction of sp³-hybridized carbons (Fsp3) is 0.769. The monoisotopic (exact) mass is 206 g/mol. The minimum atomic E-state index is -0.233. The molecule has 3 rings (SSSR count). The molecule has 15 heavy (non-hydrogen) atoms. The minimum Gasteiger partial charge on any atom is -0.459 e. The van der Waals surface area contributed by atoms with Gasteiger partial charge in [-0.2, -0.15) is 0 Å². The van der Waals surface area contributed by atoms with Crippen molar-refractivity contribution in [2.24, 2.45) is 23.7 Å². The average molecular weight is 206 g/mol. The number of ether oxygens (including phenoxy) is 1. The number of hydrogen-bond acceptors (Lipinski definition) is 2. The summed E-state index contributed by atoms with van der Waals surface area (Å²) in [6.07, 6.45) is 8.05. The molecule has 3 fully saturated rings. The van der Waals surface area contributed by atoms with Crippen molar-refractivity contribution in [3.8, 4) is 0 Å². The van der Waals surface area contributed by atoms with Gasteiger partial charge in [0.1, 0.15) is 6.10 Å². The fourth-order valence-electron chi connectivity index (χ4n) is 4.35. The molecule has 2 nitrogen and oxygen atoms in total. The molecule has 0 heterocycles. The van der Waals surface area contributed by atoms with E-state index in [2.05, 4.69) is 6.58 Å². The lowest BCUT2D eigenvalue weighted by Gasteiger charge is -2.28. The molecule has 0 radical (unpaired) electrons. The van der Waals surface area contributed by atoms with Crippen LogP contribution in [-0.2, 0) is 9.53 Å². The van der Waals surface area contributed by atoms with Gasteiger partial charge >= 0.3 is 5.97 Å². The maximum absolute atomic E-state index is 11.2. The van der Waals surface area contributed by atoms with Gasteiger partial charge in [-0.1, -0.05) is 6.58 Å². The molecule has 0 N–H and O–H groups in total. The van der Waals surface area contributed by atoms with Gasteiger partial charge in [0.05, 0.1) is 0 Å². The van der Waals surface area contributed by atoms with Crippen LogP contribution in [0.3, 0.4) is 0 Å². The molecule has 2 bridgehead atoms. The van der Waals surface area contributed by atoms with Crippen molar-refractivity contribution in [3.05, 3.63) is 12.7 Å². The quantitative estimate of drug-likeness (QED) is 0.512. The molecule has 3 saturated carbocycles.